The topological polar surface area (TPSA) is 80.1 Å². The molecule has 1 N–H and O–H groups in total. The highest BCUT2D eigenvalue weighted by Gasteiger charge is 2.24. The predicted molar refractivity (Wildman–Crippen MR) is 127 cm³/mol. The molecule has 2 aliphatic heterocycles. The van der Waals surface area contributed by atoms with Crippen LogP contribution in [0.5, 0.6) is 0 Å². The molecule has 0 spiro atoms. The Morgan fingerprint density at radius 3 is 2.27 bits per heavy atom. The summed E-state index contributed by atoms with van der Waals surface area (Å²) >= 11 is 0. The van der Waals surface area contributed by atoms with Crippen molar-refractivity contribution in [3.8, 4) is 11.3 Å². The number of aromatic nitrogens is 1. The Labute approximate surface area is 193 Å². The largest absolute Gasteiger partial charge is 0.378 e. The van der Waals surface area contributed by atoms with Crippen molar-refractivity contribution in [2.45, 2.75) is 6.92 Å². The van der Waals surface area contributed by atoms with Crippen molar-refractivity contribution in [2.24, 2.45) is 0 Å². The van der Waals surface area contributed by atoms with E-state index in [-0.39, 0.29) is 5.91 Å². The van der Waals surface area contributed by atoms with Crippen LogP contribution in [0, 0.1) is 6.92 Å². The van der Waals surface area contributed by atoms with E-state index in [1.54, 1.807) is 6.92 Å². The minimum atomic E-state index is -0.235. The first-order chi connectivity index (χ1) is 16.2. The lowest BCUT2D eigenvalue weighted by Crippen LogP contribution is -2.38. The van der Waals surface area contributed by atoms with Crippen LogP contribution in [0.4, 0.5) is 17.1 Å². The number of hydrogen-bond acceptors (Lipinski definition) is 7. The highest BCUT2D eigenvalue weighted by Crippen LogP contribution is 2.33. The molecule has 0 atom stereocenters. The van der Waals surface area contributed by atoms with Gasteiger partial charge in [-0.2, -0.15) is 0 Å². The molecule has 8 heteroatoms. The van der Waals surface area contributed by atoms with Gasteiger partial charge >= 0.3 is 0 Å². The van der Waals surface area contributed by atoms with E-state index in [0.717, 1.165) is 62.0 Å². The van der Waals surface area contributed by atoms with Gasteiger partial charge in [0, 0.05) is 37.4 Å². The van der Waals surface area contributed by atoms with Gasteiger partial charge in [0.25, 0.3) is 5.91 Å². The molecular formula is C25H28N4O4. The molecule has 3 aromatic rings. The summed E-state index contributed by atoms with van der Waals surface area (Å²) < 4.78 is 16.5. The fourth-order valence-electron chi connectivity index (χ4n) is 4.33. The van der Waals surface area contributed by atoms with E-state index in [2.05, 4.69) is 32.4 Å². The van der Waals surface area contributed by atoms with Gasteiger partial charge < -0.3 is 29.1 Å². The van der Waals surface area contributed by atoms with E-state index in [4.69, 9.17) is 14.0 Å². The van der Waals surface area contributed by atoms with Crippen LogP contribution in [0.2, 0.25) is 0 Å². The zero-order valence-corrected chi connectivity index (χ0v) is 18.8. The second-order valence-electron chi connectivity index (χ2n) is 8.18. The van der Waals surface area contributed by atoms with Gasteiger partial charge in [-0.25, -0.2) is 0 Å². The summed E-state index contributed by atoms with van der Waals surface area (Å²) in [5, 5.41) is 7.28. The van der Waals surface area contributed by atoms with Crippen LogP contribution in [-0.2, 0) is 9.47 Å². The third-order valence-corrected chi connectivity index (χ3v) is 6.09. The molecule has 5 rings (SSSR count). The minimum absolute atomic E-state index is 0.235. The van der Waals surface area contributed by atoms with Crippen LogP contribution in [0.15, 0.2) is 53.1 Å². The summed E-state index contributed by atoms with van der Waals surface area (Å²) in [6.45, 7) is 7.80. The smallest absolute Gasteiger partial charge is 0.261 e. The number of morpholine rings is 2. The average Bonchev–Trinajstić information content (AvgIpc) is 3.27. The molecule has 1 aromatic heterocycles. The third kappa shape index (κ3) is 4.58. The molecule has 33 heavy (non-hydrogen) atoms. The van der Waals surface area contributed by atoms with Gasteiger partial charge in [-0.15, -0.1) is 0 Å². The maximum absolute atomic E-state index is 13.4. The van der Waals surface area contributed by atoms with Crippen LogP contribution in [0.25, 0.3) is 11.3 Å². The van der Waals surface area contributed by atoms with E-state index in [0.29, 0.717) is 30.2 Å². The normalized spacial score (nSPS) is 16.6. The van der Waals surface area contributed by atoms with Crippen LogP contribution in [0.3, 0.4) is 0 Å². The Kier molecular flexibility index (Phi) is 6.28. The van der Waals surface area contributed by atoms with Crippen molar-refractivity contribution < 1.29 is 18.8 Å². The SMILES string of the molecule is Cc1onc(-c2ccccc2)c1C(=O)Nc1ccc(N2CCOCC2)cc1N1CCOCC1. The van der Waals surface area contributed by atoms with Gasteiger partial charge in [0.1, 0.15) is 17.0 Å². The molecule has 0 radical (unpaired) electrons. The van der Waals surface area contributed by atoms with E-state index >= 15 is 0 Å². The number of rotatable bonds is 5. The minimum Gasteiger partial charge on any atom is -0.378 e. The molecule has 172 valence electrons. The average molecular weight is 449 g/mol. The molecule has 2 aliphatic rings. The van der Waals surface area contributed by atoms with Crippen LogP contribution < -0.4 is 15.1 Å². The van der Waals surface area contributed by atoms with Crippen molar-refractivity contribution in [3.63, 3.8) is 0 Å². The zero-order chi connectivity index (χ0) is 22.6. The van der Waals surface area contributed by atoms with Gasteiger partial charge in [-0.1, -0.05) is 35.5 Å². The second kappa shape index (κ2) is 9.64. The summed E-state index contributed by atoms with van der Waals surface area (Å²) in [7, 11) is 0. The Bertz CT molecular complexity index is 1100. The van der Waals surface area contributed by atoms with Gasteiger partial charge in [0.05, 0.1) is 37.8 Å². The number of nitrogens with one attached hydrogen (secondary N) is 1. The molecule has 8 nitrogen and oxygen atoms in total. The van der Waals surface area contributed by atoms with Crippen molar-refractivity contribution in [3.05, 3.63) is 59.9 Å². The summed E-state index contributed by atoms with van der Waals surface area (Å²) in [6, 6.07) is 15.8. The predicted octanol–water partition coefficient (Wildman–Crippen LogP) is 3.58. The zero-order valence-electron chi connectivity index (χ0n) is 18.8. The number of nitrogens with zero attached hydrogens (tertiary/aromatic N) is 3. The molecule has 2 saturated heterocycles. The number of ether oxygens (including phenoxy) is 2. The van der Waals surface area contributed by atoms with Crippen molar-refractivity contribution in [2.75, 3.05) is 67.7 Å². The number of hydrogen-bond donors (Lipinski definition) is 1. The Balaban J connectivity index is 1.46. The number of amides is 1. The molecule has 3 heterocycles. The first-order valence-electron chi connectivity index (χ1n) is 11.3. The van der Waals surface area contributed by atoms with E-state index in [9.17, 15) is 4.79 Å². The molecule has 2 fully saturated rings. The van der Waals surface area contributed by atoms with Crippen LogP contribution in [-0.4, -0.2) is 63.7 Å². The van der Waals surface area contributed by atoms with Gasteiger partial charge in [-0.3, -0.25) is 4.79 Å². The summed E-state index contributed by atoms with van der Waals surface area (Å²) in [5.74, 6) is 0.255. The lowest BCUT2D eigenvalue weighted by atomic mass is 10.1. The Morgan fingerprint density at radius 1 is 0.909 bits per heavy atom. The maximum atomic E-state index is 13.4. The first-order valence-corrected chi connectivity index (χ1v) is 11.3. The van der Waals surface area contributed by atoms with Crippen LogP contribution in [0.1, 0.15) is 16.1 Å². The maximum Gasteiger partial charge on any atom is 0.261 e. The number of benzene rings is 2. The van der Waals surface area contributed by atoms with Crippen molar-refractivity contribution >= 4 is 23.0 Å². The first kappa shape index (κ1) is 21.5. The van der Waals surface area contributed by atoms with Crippen molar-refractivity contribution in [1.29, 1.82) is 0 Å². The van der Waals surface area contributed by atoms with Gasteiger partial charge in [0.15, 0.2) is 0 Å². The number of carbonyl (C=O) groups excluding carboxylic acids is 1. The number of anilines is 3. The highest BCUT2D eigenvalue weighted by atomic mass is 16.5. The molecule has 1 amide bonds. The molecule has 0 unspecified atom stereocenters. The standard InChI is InChI=1S/C25H28N4O4/c1-18-23(24(27-33-18)19-5-3-2-4-6-19)25(30)26-21-8-7-20(28-9-13-31-14-10-28)17-22(21)29-11-15-32-16-12-29/h2-8,17H,9-16H2,1H3,(H,26,30). The summed E-state index contributed by atoms with van der Waals surface area (Å²) in [6.07, 6.45) is 0. The molecule has 2 aromatic carbocycles. The highest BCUT2D eigenvalue weighted by molar-refractivity contribution is 6.10. The van der Waals surface area contributed by atoms with Gasteiger partial charge in [0.2, 0.25) is 0 Å². The molecule has 0 saturated carbocycles. The van der Waals surface area contributed by atoms with E-state index in [1.165, 1.54) is 0 Å². The second-order valence-corrected chi connectivity index (χ2v) is 8.18. The van der Waals surface area contributed by atoms with Gasteiger partial charge in [-0.05, 0) is 25.1 Å². The Morgan fingerprint density at radius 2 is 1.58 bits per heavy atom. The van der Waals surface area contributed by atoms with E-state index in [1.807, 2.05) is 36.4 Å². The lowest BCUT2D eigenvalue weighted by Gasteiger charge is -2.33. The summed E-state index contributed by atoms with van der Waals surface area (Å²) in [5.41, 5.74) is 4.72. The number of carbonyl (C=O) groups is 1. The van der Waals surface area contributed by atoms with E-state index < -0.39 is 0 Å². The monoisotopic (exact) mass is 448 g/mol. The summed E-state index contributed by atoms with van der Waals surface area (Å²) in [4.78, 5) is 18.0. The Hall–Kier alpha value is -3.36. The quantitative estimate of drug-likeness (QED) is 0.639. The molecule has 0 aliphatic carbocycles. The van der Waals surface area contributed by atoms with Crippen LogP contribution >= 0.6 is 0 Å². The fraction of sp³-hybridized carbons (Fsp3) is 0.360. The fourth-order valence-corrected chi connectivity index (χ4v) is 4.33. The number of aryl methyl sites for hydroxylation is 1. The molecular weight excluding hydrogens is 420 g/mol. The van der Waals surface area contributed by atoms with Crippen molar-refractivity contribution in [1.82, 2.24) is 5.16 Å². The lowest BCUT2D eigenvalue weighted by molar-refractivity contribution is 0.102. The molecule has 0 bridgehead atoms. The third-order valence-electron chi connectivity index (χ3n) is 6.09.